The standard InChI is InChI=1S/C9H10O4S/c1-13-9(12)5-14-8-4-6(10)2-3-7(8)11/h2-4,10-11H,5H2,1H3. The van der Waals surface area contributed by atoms with E-state index >= 15 is 0 Å². The summed E-state index contributed by atoms with van der Waals surface area (Å²) in [6.45, 7) is 0. The Morgan fingerprint density at radius 2 is 2.21 bits per heavy atom. The molecule has 0 radical (unpaired) electrons. The first kappa shape index (κ1) is 10.7. The molecule has 0 unspecified atom stereocenters. The number of hydrogen-bond donors (Lipinski definition) is 2. The first-order chi connectivity index (χ1) is 6.63. The molecular weight excluding hydrogens is 204 g/mol. The zero-order valence-corrected chi connectivity index (χ0v) is 8.37. The second-order valence-corrected chi connectivity index (χ2v) is 3.53. The van der Waals surface area contributed by atoms with Gasteiger partial charge < -0.3 is 14.9 Å². The molecule has 0 saturated heterocycles. The van der Waals surface area contributed by atoms with Crippen LogP contribution in [0.2, 0.25) is 0 Å². The molecule has 0 fully saturated rings. The average Bonchev–Trinajstić information content (AvgIpc) is 2.19. The van der Waals surface area contributed by atoms with Crippen molar-refractivity contribution in [3.05, 3.63) is 18.2 Å². The van der Waals surface area contributed by atoms with Crippen LogP contribution in [0.3, 0.4) is 0 Å². The Bertz CT molecular complexity index is 338. The van der Waals surface area contributed by atoms with Gasteiger partial charge in [0.25, 0.3) is 0 Å². The fourth-order valence-electron chi connectivity index (χ4n) is 0.814. The van der Waals surface area contributed by atoms with Crippen molar-refractivity contribution >= 4 is 17.7 Å². The van der Waals surface area contributed by atoms with Gasteiger partial charge in [-0.3, -0.25) is 4.79 Å². The van der Waals surface area contributed by atoms with Crippen molar-refractivity contribution in [2.24, 2.45) is 0 Å². The highest BCUT2D eigenvalue weighted by atomic mass is 32.2. The molecule has 0 aliphatic heterocycles. The number of thioether (sulfide) groups is 1. The van der Waals surface area contributed by atoms with Gasteiger partial charge >= 0.3 is 5.97 Å². The predicted octanol–water partition coefficient (Wildman–Crippen LogP) is 1.36. The zero-order chi connectivity index (χ0) is 10.6. The van der Waals surface area contributed by atoms with Gasteiger partial charge in [-0.25, -0.2) is 0 Å². The molecule has 0 bridgehead atoms. The van der Waals surface area contributed by atoms with Crippen LogP contribution in [0.15, 0.2) is 23.1 Å². The summed E-state index contributed by atoms with van der Waals surface area (Å²) in [6.07, 6.45) is 0. The molecule has 1 aromatic carbocycles. The van der Waals surface area contributed by atoms with Crippen molar-refractivity contribution in [3.63, 3.8) is 0 Å². The smallest absolute Gasteiger partial charge is 0.315 e. The van der Waals surface area contributed by atoms with Crippen LogP contribution >= 0.6 is 11.8 Å². The van der Waals surface area contributed by atoms with Gasteiger partial charge in [-0.1, -0.05) is 0 Å². The Morgan fingerprint density at radius 3 is 2.86 bits per heavy atom. The van der Waals surface area contributed by atoms with Gasteiger partial charge in [0.05, 0.1) is 17.8 Å². The maximum atomic E-state index is 10.8. The zero-order valence-electron chi connectivity index (χ0n) is 7.56. The van der Waals surface area contributed by atoms with E-state index in [0.29, 0.717) is 4.90 Å². The maximum Gasteiger partial charge on any atom is 0.315 e. The third-order valence-corrected chi connectivity index (χ3v) is 2.53. The minimum Gasteiger partial charge on any atom is -0.508 e. The van der Waals surface area contributed by atoms with E-state index in [-0.39, 0.29) is 23.2 Å². The van der Waals surface area contributed by atoms with E-state index in [1.807, 2.05) is 0 Å². The van der Waals surface area contributed by atoms with Crippen molar-refractivity contribution < 1.29 is 19.7 Å². The summed E-state index contributed by atoms with van der Waals surface area (Å²) in [4.78, 5) is 11.2. The van der Waals surface area contributed by atoms with Crippen molar-refractivity contribution in [1.29, 1.82) is 0 Å². The van der Waals surface area contributed by atoms with E-state index in [1.165, 1.54) is 25.3 Å². The minimum atomic E-state index is -0.377. The number of aromatic hydroxyl groups is 2. The summed E-state index contributed by atoms with van der Waals surface area (Å²) in [6, 6.07) is 4.13. The lowest BCUT2D eigenvalue weighted by atomic mass is 10.3. The van der Waals surface area contributed by atoms with Crippen LogP contribution < -0.4 is 0 Å². The summed E-state index contributed by atoms with van der Waals surface area (Å²) in [7, 11) is 1.30. The van der Waals surface area contributed by atoms with Gasteiger partial charge in [0, 0.05) is 0 Å². The number of hydrogen-bond acceptors (Lipinski definition) is 5. The van der Waals surface area contributed by atoms with Crippen LogP contribution in [0.25, 0.3) is 0 Å². The Balaban J connectivity index is 2.66. The van der Waals surface area contributed by atoms with Crippen LogP contribution in [0.1, 0.15) is 0 Å². The van der Waals surface area contributed by atoms with E-state index in [0.717, 1.165) is 11.8 Å². The van der Waals surface area contributed by atoms with Gasteiger partial charge in [-0.15, -0.1) is 11.8 Å². The average molecular weight is 214 g/mol. The third-order valence-electron chi connectivity index (χ3n) is 1.52. The van der Waals surface area contributed by atoms with Crippen LogP contribution in [0.5, 0.6) is 11.5 Å². The summed E-state index contributed by atoms with van der Waals surface area (Å²) in [5.74, 6) is -0.183. The molecular formula is C9H10O4S. The molecule has 5 heteroatoms. The fraction of sp³-hybridized carbons (Fsp3) is 0.222. The number of benzene rings is 1. The molecule has 0 atom stereocenters. The first-order valence-electron chi connectivity index (χ1n) is 3.85. The molecule has 2 N–H and O–H groups in total. The fourth-order valence-corrected chi connectivity index (χ4v) is 1.63. The highest BCUT2D eigenvalue weighted by Gasteiger charge is 2.06. The van der Waals surface area contributed by atoms with Gasteiger partial charge in [0.15, 0.2) is 0 Å². The second kappa shape index (κ2) is 4.76. The van der Waals surface area contributed by atoms with Crippen molar-refractivity contribution in [1.82, 2.24) is 0 Å². The second-order valence-electron chi connectivity index (χ2n) is 2.52. The molecule has 4 nitrogen and oxygen atoms in total. The number of carbonyl (C=O) groups is 1. The summed E-state index contributed by atoms with van der Waals surface area (Å²) in [5.41, 5.74) is 0. The maximum absolute atomic E-state index is 10.8. The Kier molecular flexibility index (Phi) is 3.64. The molecule has 0 spiro atoms. The number of phenols is 2. The lowest BCUT2D eigenvalue weighted by Gasteiger charge is -2.03. The van der Waals surface area contributed by atoms with Crippen LogP contribution in [-0.4, -0.2) is 29.0 Å². The van der Waals surface area contributed by atoms with E-state index in [4.69, 9.17) is 5.11 Å². The van der Waals surface area contributed by atoms with Crippen LogP contribution in [-0.2, 0) is 9.53 Å². The van der Waals surface area contributed by atoms with Gasteiger partial charge in [-0.05, 0) is 18.2 Å². The minimum absolute atomic E-state index is 0.0386. The van der Waals surface area contributed by atoms with E-state index in [2.05, 4.69) is 4.74 Å². The van der Waals surface area contributed by atoms with E-state index in [1.54, 1.807) is 0 Å². The Hall–Kier alpha value is -1.36. The largest absolute Gasteiger partial charge is 0.508 e. The summed E-state index contributed by atoms with van der Waals surface area (Å²) >= 11 is 1.11. The lowest BCUT2D eigenvalue weighted by molar-refractivity contribution is -0.137. The molecule has 0 saturated carbocycles. The molecule has 0 amide bonds. The number of phenolic OH excluding ortho intramolecular Hbond substituents is 2. The Labute approximate surface area is 85.5 Å². The molecule has 76 valence electrons. The lowest BCUT2D eigenvalue weighted by Crippen LogP contribution is -2.02. The monoisotopic (exact) mass is 214 g/mol. The van der Waals surface area contributed by atoms with Crippen LogP contribution in [0, 0.1) is 0 Å². The number of ether oxygens (including phenoxy) is 1. The quantitative estimate of drug-likeness (QED) is 0.452. The topological polar surface area (TPSA) is 66.8 Å². The first-order valence-corrected chi connectivity index (χ1v) is 4.83. The number of carbonyl (C=O) groups excluding carboxylic acids is 1. The van der Waals surface area contributed by atoms with E-state index < -0.39 is 0 Å². The highest BCUT2D eigenvalue weighted by molar-refractivity contribution is 8.00. The molecule has 0 aliphatic rings. The van der Waals surface area contributed by atoms with E-state index in [9.17, 15) is 9.90 Å². The number of esters is 1. The SMILES string of the molecule is COC(=O)CSc1cc(O)ccc1O. The molecule has 14 heavy (non-hydrogen) atoms. The molecule has 0 heterocycles. The predicted molar refractivity (Wildman–Crippen MR) is 52.5 cm³/mol. The van der Waals surface area contributed by atoms with Gasteiger partial charge in [0.1, 0.15) is 11.5 Å². The van der Waals surface area contributed by atoms with Crippen molar-refractivity contribution in [3.8, 4) is 11.5 Å². The molecule has 0 aromatic heterocycles. The molecule has 1 aromatic rings. The number of methoxy groups -OCH3 is 1. The highest BCUT2D eigenvalue weighted by Crippen LogP contribution is 2.31. The molecule has 0 aliphatic carbocycles. The van der Waals surface area contributed by atoms with Crippen molar-refractivity contribution in [2.45, 2.75) is 4.90 Å². The number of rotatable bonds is 3. The summed E-state index contributed by atoms with van der Waals surface area (Å²) in [5, 5.41) is 18.5. The summed E-state index contributed by atoms with van der Waals surface area (Å²) < 4.78 is 4.44. The van der Waals surface area contributed by atoms with Crippen LogP contribution in [0.4, 0.5) is 0 Å². The molecule has 1 rings (SSSR count). The van der Waals surface area contributed by atoms with Gasteiger partial charge in [-0.2, -0.15) is 0 Å². The van der Waals surface area contributed by atoms with Crippen molar-refractivity contribution in [2.75, 3.05) is 12.9 Å². The third kappa shape index (κ3) is 2.85. The Morgan fingerprint density at radius 1 is 1.50 bits per heavy atom. The van der Waals surface area contributed by atoms with Gasteiger partial charge in [0.2, 0.25) is 0 Å². The normalized spacial score (nSPS) is 9.79.